The molecule has 7 rings (SSSR count). The van der Waals surface area contributed by atoms with Gasteiger partial charge in [0.25, 0.3) is 0 Å². The van der Waals surface area contributed by atoms with Crippen molar-refractivity contribution in [1.82, 2.24) is 0 Å². The molecule has 6 heterocycles. The van der Waals surface area contributed by atoms with Crippen LogP contribution in [0.2, 0.25) is 0 Å². The molecular formula is C28H37NO10. The molecule has 0 aromatic heterocycles. The zero-order valence-corrected chi connectivity index (χ0v) is 20.8. The van der Waals surface area contributed by atoms with Crippen molar-refractivity contribution in [2.24, 2.45) is 5.92 Å². The lowest BCUT2D eigenvalue weighted by atomic mass is 9.79. The van der Waals surface area contributed by atoms with E-state index in [1.54, 1.807) is 0 Å². The smallest absolute Gasteiger partial charge is 0.191 e. The Hall–Kier alpha value is -2.39. The summed E-state index contributed by atoms with van der Waals surface area (Å²) in [5.74, 6) is 2.35. The van der Waals surface area contributed by atoms with Gasteiger partial charge in [-0.2, -0.15) is 5.26 Å². The van der Waals surface area contributed by atoms with Gasteiger partial charge in [0, 0.05) is 24.5 Å². The van der Waals surface area contributed by atoms with Gasteiger partial charge in [0.2, 0.25) is 0 Å². The molecule has 0 amide bonds. The third-order valence-electron chi connectivity index (χ3n) is 7.23. The number of benzene rings is 1. The lowest BCUT2D eigenvalue weighted by Crippen LogP contribution is -2.45. The minimum Gasteiger partial charge on any atom is -0.412 e. The summed E-state index contributed by atoms with van der Waals surface area (Å²) in [4.78, 5) is 0. The zero-order valence-electron chi connectivity index (χ0n) is 20.8. The molecule has 3 atom stereocenters. The molecule has 0 spiro atoms. The van der Waals surface area contributed by atoms with Gasteiger partial charge in [0.15, 0.2) is 30.8 Å². The third-order valence-corrected chi connectivity index (χ3v) is 7.23. The minimum absolute atomic E-state index is 0. The van der Waals surface area contributed by atoms with Gasteiger partial charge in [-0.1, -0.05) is 25.5 Å². The van der Waals surface area contributed by atoms with Crippen LogP contribution in [0, 0.1) is 29.6 Å². The van der Waals surface area contributed by atoms with E-state index in [0.29, 0.717) is 59.3 Å². The quantitative estimate of drug-likeness (QED) is 0.406. The summed E-state index contributed by atoms with van der Waals surface area (Å²) < 4.78 is 50.3. The van der Waals surface area contributed by atoms with Crippen molar-refractivity contribution in [2.75, 3.05) is 52.9 Å². The average Bonchev–Trinajstić information content (AvgIpc) is 3.79. The first-order chi connectivity index (χ1) is 18.2. The van der Waals surface area contributed by atoms with Gasteiger partial charge in [-0.25, -0.2) is 0 Å². The first-order valence-corrected chi connectivity index (χ1v) is 12.5. The Bertz CT molecular complexity index is 1100. The number of rotatable bonds is 4. The molecular weight excluding hydrogens is 510 g/mol. The highest BCUT2D eigenvalue weighted by Gasteiger charge is 2.66. The van der Waals surface area contributed by atoms with Crippen LogP contribution in [0.15, 0.2) is 30.4 Å². The van der Waals surface area contributed by atoms with E-state index in [1.807, 2.05) is 30.4 Å². The standard InChI is InChI=1S/C14H14O4.C13H15NO5.CH4.H2O.H2/c1-2-10-9-11(13-15-5-6-16-13)3-4-12(10)14-17-7-8-18-14;14-8-9-7-12(10-15-3-4-16-10)1-2-13(9,19-12)11-17-5-6-18-11;;;/h1,3-4,9,13-14H,5-8H2;1-2,9-11H,3-7H2;1H4;1H2;1H/i;;;;1+1. The molecule has 39 heavy (non-hydrogen) atoms. The molecule has 0 radical (unpaired) electrons. The number of nitriles is 1. The van der Waals surface area contributed by atoms with Crippen LogP contribution in [0.3, 0.4) is 0 Å². The molecule has 2 N–H and O–H groups in total. The van der Waals surface area contributed by atoms with Crippen LogP contribution in [0.4, 0.5) is 0 Å². The number of ether oxygens (including phenoxy) is 9. The summed E-state index contributed by atoms with van der Waals surface area (Å²) >= 11 is 0. The maximum Gasteiger partial charge on any atom is 0.191 e. The fourth-order valence-corrected chi connectivity index (χ4v) is 5.50. The van der Waals surface area contributed by atoms with Gasteiger partial charge >= 0.3 is 0 Å². The van der Waals surface area contributed by atoms with E-state index in [2.05, 4.69) is 12.0 Å². The molecule has 11 nitrogen and oxygen atoms in total. The van der Waals surface area contributed by atoms with Crippen LogP contribution in [-0.4, -0.2) is 82.1 Å². The van der Waals surface area contributed by atoms with Crippen LogP contribution in [0.25, 0.3) is 0 Å². The first kappa shape index (κ1) is 29.6. The van der Waals surface area contributed by atoms with Crippen molar-refractivity contribution in [3.8, 4) is 18.4 Å². The second-order valence-corrected chi connectivity index (χ2v) is 9.41. The molecule has 214 valence electrons. The van der Waals surface area contributed by atoms with Gasteiger partial charge in [-0.3, -0.25) is 0 Å². The van der Waals surface area contributed by atoms with Crippen molar-refractivity contribution < 1.29 is 49.5 Å². The predicted molar refractivity (Wildman–Crippen MR) is 137 cm³/mol. The maximum atomic E-state index is 9.41. The number of nitrogens with zero attached hydrogens (tertiary/aromatic N) is 1. The van der Waals surface area contributed by atoms with Crippen LogP contribution in [0.1, 0.15) is 44.5 Å². The number of fused-ring (bicyclic) bond motifs is 2. The fourth-order valence-electron chi connectivity index (χ4n) is 5.50. The van der Waals surface area contributed by atoms with Crippen molar-refractivity contribution in [3.05, 3.63) is 47.0 Å². The van der Waals surface area contributed by atoms with E-state index in [1.165, 1.54) is 0 Å². The molecule has 3 unspecified atom stereocenters. The Balaban J connectivity index is 0.000000205. The summed E-state index contributed by atoms with van der Waals surface area (Å²) in [6.07, 6.45) is 8.32. The molecule has 0 aliphatic carbocycles. The molecule has 1 aromatic rings. The number of hydrogen-bond donors (Lipinski definition) is 0. The minimum atomic E-state index is -0.819. The summed E-state index contributed by atoms with van der Waals surface area (Å²) in [7, 11) is 0. The monoisotopic (exact) mass is 548 g/mol. The van der Waals surface area contributed by atoms with Gasteiger partial charge in [0.05, 0.1) is 64.8 Å². The lowest BCUT2D eigenvalue weighted by Gasteiger charge is -2.31. The van der Waals surface area contributed by atoms with Crippen LogP contribution < -0.4 is 0 Å². The molecule has 0 saturated carbocycles. The Labute approximate surface area is 229 Å². The maximum absolute atomic E-state index is 9.41. The van der Waals surface area contributed by atoms with Gasteiger partial charge < -0.3 is 48.1 Å². The summed E-state index contributed by atoms with van der Waals surface area (Å²) in [6.45, 7) is 4.63. The molecule has 6 aliphatic heterocycles. The predicted octanol–water partition coefficient (Wildman–Crippen LogP) is 2.16. The molecule has 1 aromatic carbocycles. The Kier molecular flexibility index (Phi) is 9.42. The highest BCUT2D eigenvalue weighted by atomic mass is 16.8. The van der Waals surface area contributed by atoms with Gasteiger partial charge in [0.1, 0.15) is 5.60 Å². The normalized spacial score (nSPS) is 32.3. The topological polar surface area (TPSA) is 138 Å². The highest BCUT2D eigenvalue weighted by Crippen LogP contribution is 2.55. The largest absolute Gasteiger partial charge is 0.412 e. The Morgan fingerprint density at radius 1 is 0.795 bits per heavy atom. The summed E-state index contributed by atoms with van der Waals surface area (Å²) in [5, 5.41) is 9.41. The molecule has 11 heteroatoms. The van der Waals surface area contributed by atoms with E-state index in [9.17, 15) is 5.26 Å². The number of terminal acetylenes is 1. The lowest BCUT2D eigenvalue weighted by molar-refractivity contribution is -0.227. The second kappa shape index (κ2) is 12.4. The molecule has 2 bridgehead atoms. The van der Waals surface area contributed by atoms with Crippen molar-refractivity contribution in [1.29, 1.82) is 5.26 Å². The van der Waals surface area contributed by atoms with Gasteiger partial charge in [-0.15, -0.1) is 6.42 Å². The molecule has 5 saturated heterocycles. The SMILES string of the molecule is C.C#Cc1cc(C2OCCO2)ccc1C1OCCO1.N#CC1CC2(C3OCCO3)C=CC1(C1OCCO1)O2.O.[2HH]. The molecule has 6 aliphatic rings. The third kappa shape index (κ3) is 5.36. The highest BCUT2D eigenvalue weighted by molar-refractivity contribution is 5.44. The van der Waals surface area contributed by atoms with E-state index in [0.717, 1.165) is 16.7 Å². The zero-order chi connectivity index (χ0) is 25.3. The second-order valence-electron chi connectivity index (χ2n) is 9.41. The van der Waals surface area contributed by atoms with E-state index < -0.39 is 23.8 Å². The van der Waals surface area contributed by atoms with Gasteiger partial charge in [-0.05, 0) is 18.2 Å². The van der Waals surface area contributed by atoms with Crippen LogP contribution >= 0.6 is 0 Å². The summed E-state index contributed by atoms with van der Waals surface area (Å²) in [6, 6.07) is 8.08. The van der Waals surface area contributed by atoms with E-state index in [-0.39, 0.29) is 32.8 Å². The Morgan fingerprint density at radius 2 is 1.36 bits per heavy atom. The van der Waals surface area contributed by atoms with Crippen molar-refractivity contribution >= 4 is 0 Å². The van der Waals surface area contributed by atoms with E-state index >= 15 is 0 Å². The van der Waals surface area contributed by atoms with Crippen molar-refractivity contribution in [2.45, 2.75) is 50.2 Å². The first-order valence-electron chi connectivity index (χ1n) is 12.5. The average molecular weight is 549 g/mol. The Morgan fingerprint density at radius 3 is 1.95 bits per heavy atom. The van der Waals surface area contributed by atoms with Crippen LogP contribution in [0.5, 0.6) is 0 Å². The van der Waals surface area contributed by atoms with Crippen LogP contribution in [-0.2, 0) is 42.6 Å². The summed E-state index contributed by atoms with van der Waals surface area (Å²) in [5.41, 5.74) is 1.09. The molecule has 5 fully saturated rings. The number of hydrogen-bond acceptors (Lipinski definition) is 10. The van der Waals surface area contributed by atoms with Crippen molar-refractivity contribution in [3.63, 3.8) is 0 Å². The van der Waals surface area contributed by atoms with E-state index in [4.69, 9.17) is 49.1 Å². The fraction of sp³-hybridized carbons (Fsp3) is 0.607.